The fourth-order valence-electron chi connectivity index (χ4n) is 3.71. The van der Waals surface area contributed by atoms with Gasteiger partial charge in [0.15, 0.2) is 0 Å². The van der Waals surface area contributed by atoms with Crippen molar-refractivity contribution in [2.24, 2.45) is 5.41 Å². The van der Waals surface area contributed by atoms with Crippen molar-refractivity contribution < 1.29 is 0 Å². The number of hydrogen-bond acceptors (Lipinski definition) is 1. The van der Waals surface area contributed by atoms with Crippen LogP contribution in [0.15, 0.2) is 18.2 Å². The maximum absolute atomic E-state index is 6.44. The van der Waals surface area contributed by atoms with Crippen LogP contribution in [-0.4, -0.2) is 12.6 Å². The van der Waals surface area contributed by atoms with Crippen molar-refractivity contribution in [2.45, 2.75) is 51.0 Å². The predicted molar refractivity (Wildman–Crippen MR) is 82.2 cm³/mol. The Bertz CT molecular complexity index is 463. The number of benzene rings is 1. The van der Waals surface area contributed by atoms with E-state index in [2.05, 4.69) is 19.2 Å². The molecule has 19 heavy (non-hydrogen) atoms. The van der Waals surface area contributed by atoms with Gasteiger partial charge in [-0.3, -0.25) is 0 Å². The highest BCUT2D eigenvalue weighted by molar-refractivity contribution is 6.36. The van der Waals surface area contributed by atoms with Crippen LogP contribution >= 0.6 is 23.2 Å². The average Bonchev–Trinajstić information content (AvgIpc) is 3.05. The van der Waals surface area contributed by atoms with E-state index < -0.39 is 0 Å². The summed E-state index contributed by atoms with van der Waals surface area (Å²) in [6.45, 7) is 5.36. The summed E-state index contributed by atoms with van der Waals surface area (Å²) in [5.41, 5.74) is 1.95. The van der Waals surface area contributed by atoms with Crippen LogP contribution in [0.5, 0.6) is 0 Å². The molecule has 0 saturated heterocycles. The van der Waals surface area contributed by atoms with Gasteiger partial charge < -0.3 is 5.32 Å². The summed E-state index contributed by atoms with van der Waals surface area (Å²) in [5.74, 6) is 0. The van der Waals surface area contributed by atoms with E-state index in [0.29, 0.717) is 11.5 Å². The van der Waals surface area contributed by atoms with Gasteiger partial charge in [0.25, 0.3) is 0 Å². The standard InChI is InChI=1S/C16H21Cl2N/c1-11(2)19-10-16(8-15(9-16)6-7-15)14-12(17)4-3-5-13(14)18/h3-5,11,19H,6-10H2,1-2H3. The molecule has 2 aliphatic rings. The molecule has 0 unspecified atom stereocenters. The van der Waals surface area contributed by atoms with E-state index in [1.54, 1.807) is 0 Å². The van der Waals surface area contributed by atoms with Gasteiger partial charge in [-0.25, -0.2) is 0 Å². The maximum Gasteiger partial charge on any atom is 0.0459 e. The number of halogens is 2. The first-order valence-electron chi connectivity index (χ1n) is 7.14. The van der Waals surface area contributed by atoms with E-state index in [4.69, 9.17) is 23.2 Å². The highest BCUT2D eigenvalue weighted by Crippen LogP contribution is 2.69. The van der Waals surface area contributed by atoms with Crippen molar-refractivity contribution in [3.8, 4) is 0 Å². The summed E-state index contributed by atoms with van der Waals surface area (Å²) in [6.07, 6.45) is 5.25. The van der Waals surface area contributed by atoms with Gasteiger partial charge in [-0.2, -0.15) is 0 Å². The van der Waals surface area contributed by atoms with E-state index >= 15 is 0 Å². The van der Waals surface area contributed by atoms with Gasteiger partial charge in [-0.15, -0.1) is 0 Å². The Morgan fingerprint density at radius 3 is 2.21 bits per heavy atom. The summed E-state index contributed by atoms with van der Waals surface area (Å²) in [6, 6.07) is 6.37. The first kappa shape index (κ1) is 13.7. The SMILES string of the molecule is CC(C)NCC1(c2c(Cl)cccc2Cl)CC2(CC2)C1. The topological polar surface area (TPSA) is 12.0 Å². The molecule has 1 aromatic carbocycles. The summed E-state index contributed by atoms with van der Waals surface area (Å²) in [4.78, 5) is 0. The van der Waals surface area contributed by atoms with Crippen molar-refractivity contribution >= 4 is 23.2 Å². The van der Waals surface area contributed by atoms with Crippen LogP contribution < -0.4 is 5.32 Å². The zero-order valence-corrected chi connectivity index (χ0v) is 13.1. The molecular formula is C16H21Cl2N. The lowest BCUT2D eigenvalue weighted by molar-refractivity contribution is 0.114. The second-order valence-electron chi connectivity index (χ2n) is 6.77. The molecule has 3 heteroatoms. The average molecular weight is 298 g/mol. The van der Waals surface area contributed by atoms with Gasteiger partial charge >= 0.3 is 0 Å². The summed E-state index contributed by atoms with van der Waals surface area (Å²) in [7, 11) is 0. The van der Waals surface area contributed by atoms with E-state index in [-0.39, 0.29) is 5.41 Å². The molecule has 2 saturated carbocycles. The van der Waals surface area contributed by atoms with Crippen LogP contribution in [0.1, 0.15) is 45.1 Å². The van der Waals surface area contributed by atoms with Gasteiger partial charge in [0.05, 0.1) is 0 Å². The second kappa shape index (κ2) is 4.65. The quantitative estimate of drug-likeness (QED) is 0.841. The van der Waals surface area contributed by atoms with Crippen molar-refractivity contribution in [2.75, 3.05) is 6.54 Å². The Balaban J connectivity index is 1.91. The molecule has 1 N–H and O–H groups in total. The Morgan fingerprint density at radius 1 is 1.16 bits per heavy atom. The van der Waals surface area contributed by atoms with Crippen LogP contribution in [0, 0.1) is 5.41 Å². The molecule has 2 fully saturated rings. The minimum absolute atomic E-state index is 0.149. The van der Waals surface area contributed by atoms with Gasteiger partial charge in [-0.1, -0.05) is 43.1 Å². The number of nitrogens with one attached hydrogen (secondary N) is 1. The van der Waals surface area contributed by atoms with Crippen molar-refractivity contribution in [1.29, 1.82) is 0 Å². The molecule has 1 nitrogen and oxygen atoms in total. The molecule has 0 amide bonds. The molecule has 3 rings (SSSR count). The van der Waals surface area contributed by atoms with Gasteiger partial charge in [0.1, 0.15) is 0 Å². The van der Waals surface area contributed by atoms with Crippen LogP contribution in [0.4, 0.5) is 0 Å². The second-order valence-corrected chi connectivity index (χ2v) is 7.58. The normalized spacial score (nSPS) is 22.6. The Labute approximate surface area is 125 Å². The fraction of sp³-hybridized carbons (Fsp3) is 0.625. The Kier molecular flexibility index (Phi) is 3.36. The lowest BCUT2D eigenvalue weighted by atomic mass is 9.56. The van der Waals surface area contributed by atoms with E-state index in [9.17, 15) is 0 Å². The molecule has 0 atom stereocenters. The minimum Gasteiger partial charge on any atom is -0.314 e. The lowest BCUT2D eigenvalue weighted by Crippen LogP contribution is -2.51. The molecule has 0 radical (unpaired) electrons. The molecular weight excluding hydrogens is 277 g/mol. The summed E-state index contributed by atoms with van der Waals surface area (Å²) in [5, 5.41) is 5.24. The molecule has 1 aromatic rings. The van der Waals surface area contributed by atoms with Gasteiger partial charge in [0.2, 0.25) is 0 Å². The van der Waals surface area contributed by atoms with Crippen LogP contribution in [0.3, 0.4) is 0 Å². The number of rotatable bonds is 4. The minimum atomic E-state index is 0.149. The monoisotopic (exact) mass is 297 g/mol. The van der Waals surface area contributed by atoms with Crippen molar-refractivity contribution in [3.63, 3.8) is 0 Å². The highest BCUT2D eigenvalue weighted by atomic mass is 35.5. The van der Waals surface area contributed by atoms with E-state index in [1.807, 2.05) is 18.2 Å². The van der Waals surface area contributed by atoms with Crippen LogP contribution in [0.25, 0.3) is 0 Å². The molecule has 2 aliphatic carbocycles. The van der Waals surface area contributed by atoms with Gasteiger partial charge in [-0.05, 0) is 48.8 Å². The molecule has 0 aromatic heterocycles. The predicted octanol–water partition coefficient (Wildman–Crippen LogP) is 4.80. The largest absolute Gasteiger partial charge is 0.314 e. The highest BCUT2D eigenvalue weighted by Gasteiger charge is 2.61. The third kappa shape index (κ3) is 2.41. The molecule has 0 aliphatic heterocycles. The van der Waals surface area contributed by atoms with Crippen LogP contribution in [-0.2, 0) is 5.41 Å². The fourth-order valence-corrected chi connectivity index (χ4v) is 4.51. The Hall–Kier alpha value is -0.240. The van der Waals surface area contributed by atoms with Crippen molar-refractivity contribution in [1.82, 2.24) is 5.32 Å². The zero-order valence-electron chi connectivity index (χ0n) is 11.6. The van der Waals surface area contributed by atoms with Crippen LogP contribution in [0.2, 0.25) is 10.0 Å². The first-order chi connectivity index (χ1) is 8.96. The summed E-state index contributed by atoms with van der Waals surface area (Å²) >= 11 is 12.9. The van der Waals surface area contributed by atoms with E-state index in [0.717, 1.165) is 16.6 Å². The molecule has 1 spiro atoms. The maximum atomic E-state index is 6.44. The molecule has 0 heterocycles. The molecule has 104 valence electrons. The third-order valence-corrected chi connectivity index (χ3v) is 5.36. The number of hydrogen-bond donors (Lipinski definition) is 1. The smallest absolute Gasteiger partial charge is 0.0459 e. The van der Waals surface area contributed by atoms with E-state index in [1.165, 1.54) is 31.2 Å². The zero-order chi connectivity index (χ0) is 13.7. The van der Waals surface area contributed by atoms with Gasteiger partial charge in [0, 0.05) is 28.0 Å². The first-order valence-corrected chi connectivity index (χ1v) is 7.90. The molecule has 0 bridgehead atoms. The Morgan fingerprint density at radius 2 is 1.74 bits per heavy atom. The lowest BCUT2D eigenvalue weighted by Gasteiger charge is -2.50. The third-order valence-electron chi connectivity index (χ3n) is 4.73. The summed E-state index contributed by atoms with van der Waals surface area (Å²) < 4.78 is 0. The van der Waals surface area contributed by atoms with Crippen molar-refractivity contribution in [3.05, 3.63) is 33.8 Å².